The lowest BCUT2D eigenvalue weighted by Crippen LogP contribution is -2.46. The predicted octanol–water partition coefficient (Wildman–Crippen LogP) is 5.44. The average Bonchev–Trinajstić information content (AvgIpc) is 3.21. The van der Waals surface area contributed by atoms with Crippen LogP contribution in [0.15, 0.2) is 0 Å². The largest absolute Gasteiger partial charge is 0.481 e. The third-order valence-electron chi connectivity index (χ3n) is 7.22. The molecule has 2 aliphatic rings. The van der Waals surface area contributed by atoms with Crippen molar-refractivity contribution in [3.05, 3.63) is 0 Å². The summed E-state index contributed by atoms with van der Waals surface area (Å²) in [7, 11) is -3.03. The van der Waals surface area contributed by atoms with Gasteiger partial charge < -0.3 is 14.6 Å². The molecular formula is C24H42O8S. The Morgan fingerprint density at radius 2 is 1.48 bits per heavy atom. The molecule has 2 bridgehead atoms. The van der Waals surface area contributed by atoms with Crippen LogP contribution in [0.4, 0.5) is 0 Å². The van der Waals surface area contributed by atoms with Gasteiger partial charge in [-0.05, 0) is 87.0 Å². The van der Waals surface area contributed by atoms with Gasteiger partial charge in [-0.2, -0.15) is 10.6 Å². The maximum Gasteiger partial charge on any atom is 0.313 e. The van der Waals surface area contributed by atoms with Crippen LogP contribution in [0.3, 0.4) is 0 Å². The Bertz CT molecular complexity index is 786. The van der Waals surface area contributed by atoms with Crippen molar-refractivity contribution in [3.8, 4) is 0 Å². The monoisotopic (exact) mass is 490 g/mol. The van der Waals surface area contributed by atoms with Gasteiger partial charge in [0.05, 0.1) is 21.5 Å². The fourth-order valence-corrected chi connectivity index (χ4v) is 7.72. The Balaban J connectivity index is 2.33. The first-order valence-corrected chi connectivity index (χ1v) is 13.4. The van der Waals surface area contributed by atoms with Crippen LogP contribution in [0.2, 0.25) is 0 Å². The molecule has 8 nitrogen and oxygen atoms in total. The van der Waals surface area contributed by atoms with E-state index in [2.05, 4.69) is 0 Å². The van der Waals surface area contributed by atoms with Crippen LogP contribution in [0.25, 0.3) is 0 Å². The number of aliphatic carboxylic acids is 1. The average molecular weight is 491 g/mol. The van der Waals surface area contributed by atoms with E-state index in [4.69, 9.17) is 9.47 Å². The standard InChI is InChI=1S/C24H42O8S/c1-9-23(7,19(27)31-17-15-10-11-16(12-15)33(17,29)30)14-24(8,13-22(5,6)18(25)26)20(28)32-21(2,3)4/h15-17,29-30H,9-14H2,1-8H3,(H,25,26). The predicted molar refractivity (Wildman–Crippen MR) is 127 cm³/mol. The van der Waals surface area contributed by atoms with Crippen molar-refractivity contribution in [2.45, 2.75) is 110 Å². The highest BCUT2D eigenvalue weighted by Gasteiger charge is 2.56. The minimum absolute atomic E-state index is 0.0148. The smallest absolute Gasteiger partial charge is 0.313 e. The quantitative estimate of drug-likeness (QED) is 0.364. The molecule has 1 aliphatic carbocycles. The zero-order valence-corrected chi connectivity index (χ0v) is 22.1. The molecule has 1 saturated carbocycles. The highest BCUT2D eigenvalue weighted by molar-refractivity contribution is 8.25. The van der Waals surface area contributed by atoms with E-state index >= 15 is 0 Å². The number of hydrogen-bond donors (Lipinski definition) is 3. The second kappa shape index (κ2) is 9.04. The van der Waals surface area contributed by atoms with Crippen molar-refractivity contribution in [2.24, 2.45) is 22.2 Å². The number of carboxylic acids is 1. The van der Waals surface area contributed by atoms with Crippen molar-refractivity contribution in [1.82, 2.24) is 0 Å². The van der Waals surface area contributed by atoms with Crippen LogP contribution < -0.4 is 0 Å². The van der Waals surface area contributed by atoms with Crippen molar-refractivity contribution < 1.29 is 38.1 Å². The summed E-state index contributed by atoms with van der Waals surface area (Å²) in [5.74, 6) is -2.27. The van der Waals surface area contributed by atoms with Crippen LogP contribution in [0.5, 0.6) is 0 Å². The second-order valence-electron chi connectivity index (χ2n) is 12.1. The highest BCUT2D eigenvalue weighted by atomic mass is 32.3. The number of esters is 2. The topological polar surface area (TPSA) is 130 Å². The Hall–Kier alpha value is -1.32. The molecule has 5 unspecified atom stereocenters. The van der Waals surface area contributed by atoms with Gasteiger partial charge in [-0.25, -0.2) is 0 Å². The van der Waals surface area contributed by atoms with Crippen molar-refractivity contribution in [2.75, 3.05) is 0 Å². The van der Waals surface area contributed by atoms with Gasteiger partial charge in [-0.1, -0.05) is 6.92 Å². The third-order valence-corrected chi connectivity index (χ3v) is 9.80. The van der Waals surface area contributed by atoms with Crippen LogP contribution in [-0.4, -0.2) is 48.4 Å². The minimum Gasteiger partial charge on any atom is -0.481 e. The summed E-state index contributed by atoms with van der Waals surface area (Å²) >= 11 is 0. The first kappa shape index (κ1) is 27.9. The van der Waals surface area contributed by atoms with Gasteiger partial charge in [0.15, 0.2) is 5.44 Å². The SMILES string of the molecule is CCC(C)(CC(C)(CC(C)(C)C(=O)O)C(=O)OC(C)(C)C)C(=O)OC1C2CCC(C2)S1(O)O. The molecule has 192 valence electrons. The maximum atomic E-state index is 13.4. The first-order valence-electron chi connectivity index (χ1n) is 11.7. The van der Waals surface area contributed by atoms with E-state index in [0.29, 0.717) is 12.8 Å². The molecule has 3 N–H and O–H groups in total. The fourth-order valence-electron chi connectivity index (χ4n) is 5.29. The molecule has 1 aliphatic heterocycles. The van der Waals surface area contributed by atoms with Gasteiger partial charge in [0.1, 0.15) is 5.60 Å². The second-order valence-corrected chi connectivity index (χ2v) is 14.5. The van der Waals surface area contributed by atoms with E-state index in [-0.39, 0.29) is 24.0 Å². The number of hydrogen-bond acceptors (Lipinski definition) is 7. The van der Waals surface area contributed by atoms with E-state index in [1.54, 1.807) is 55.4 Å². The van der Waals surface area contributed by atoms with Gasteiger partial charge in [0.2, 0.25) is 0 Å². The van der Waals surface area contributed by atoms with E-state index in [1.807, 2.05) is 0 Å². The number of rotatable bonds is 9. The molecule has 0 spiro atoms. The Morgan fingerprint density at radius 3 is 1.91 bits per heavy atom. The van der Waals surface area contributed by atoms with Gasteiger partial charge in [0.25, 0.3) is 0 Å². The molecule has 2 rings (SSSR count). The van der Waals surface area contributed by atoms with E-state index < -0.39 is 55.8 Å². The van der Waals surface area contributed by atoms with Crippen LogP contribution in [-0.2, 0) is 23.9 Å². The molecule has 9 heteroatoms. The van der Waals surface area contributed by atoms with Crippen LogP contribution in [0, 0.1) is 22.2 Å². The molecule has 1 heterocycles. The molecule has 0 aromatic heterocycles. The van der Waals surface area contributed by atoms with Crippen LogP contribution in [0.1, 0.15) is 93.9 Å². The summed E-state index contributed by atoms with van der Waals surface area (Å²) in [4.78, 5) is 38.6. The molecule has 5 atom stereocenters. The first-order chi connectivity index (χ1) is 14.8. The third kappa shape index (κ3) is 5.85. The van der Waals surface area contributed by atoms with Crippen molar-refractivity contribution in [1.29, 1.82) is 0 Å². The molecule has 0 radical (unpaired) electrons. The van der Waals surface area contributed by atoms with Crippen LogP contribution >= 0.6 is 10.6 Å². The number of carboxylic acid groups (broad SMARTS) is 1. The highest BCUT2D eigenvalue weighted by Crippen LogP contribution is 2.67. The fraction of sp³-hybridized carbons (Fsp3) is 0.875. The lowest BCUT2D eigenvalue weighted by molar-refractivity contribution is -0.176. The molecule has 33 heavy (non-hydrogen) atoms. The zero-order valence-electron chi connectivity index (χ0n) is 21.3. The molecule has 0 aromatic carbocycles. The molecule has 1 saturated heterocycles. The van der Waals surface area contributed by atoms with Gasteiger partial charge in [-0.3, -0.25) is 23.5 Å². The number of carbonyl (C=O) groups excluding carboxylic acids is 2. The summed E-state index contributed by atoms with van der Waals surface area (Å²) in [6.07, 6.45) is 2.48. The zero-order chi connectivity index (χ0) is 25.6. The lowest BCUT2D eigenvalue weighted by Gasteiger charge is -2.44. The van der Waals surface area contributed by atoms with Gasteiger partial charge in [-0.15, -0.1) is 0 Å². The van der Waals surface area contributed by atoms with E-state index in [0.717, 1.165) is 12.8 Å². The van der Waals surface area contributed by atoms with Crippen molar-refractivity contribution in [3.63, 3.8) is 0 Å². The summed E-state index contributed by atoms with van der Waals surface area (Å²) < 4.78 is 32.6. The molecule has 0 amide bonds. The summed E-state index contributed by atoms with van der Waals surface area (Å²) in [6.45, 7) is 13.4. The van der Waals surface area contributed by atoms with E-state index in [9.17, 15) is 28.6 Å². The molecular weight excluding hydrogens is 448 g/mol. The summed E-state index contributed by atoms with van der Waals surface area (Å²) in [6, 6.07) is 0. The van der Waals surface area contributed by atoms with Gasteiger partial charge >= 0.3 is 17.9 Å². The Morgan fingerprint density at radius 1 is 0.909 bits per heavy atom. The van der Waals surface area contributed by atoms with Gasteiger partial charge in [0, 0.05) is 5.92 Å². The Labute approximate surface area is 199 Å². The normalized spacial score (nSPS) is 29.0. The van der Waals surface area contributed by atoms with E-state index in [1.165, 1.54) is 0 Å². The minimum atomic E-state index is -3.03. The number of ether oxygens (including phenoxy) is 2. The summed E-state index contributed by atoms with van der Waals surface area (Å²) in [5.41, 5.74) is -5.36. The number of fused-ring (bicyclic) bond motifs is 2. The number of carbonyl (C=O) groups is 3. The summed E-state index contributed by atoms with van der Waals surface area (Å²) in [5, 5.41) is 9.47. The van der Waals surface area contributed by atoms with Crippen molar-refractivity contribution >= 4 is 28.5 Å². The lowest BCUT2D eigenvalue weighted by atomic mass is 9.65. The Kier molecular flexibility index (Phi) is 7.65. The molecule has 0 aromatic rings. The maximum absolute atomic E-state index is 13.4. The molecule has 2 fully saturated rings.